The van der Waals surface area contributed by atoms with Gasteiger partial charge in [0, 0.05) is 0 Å². The number of aliphatic imine (C=N–C) groups is 1. The molecule has 1 aromatic rings. The van der Waals surface area contributed by atoms with Crippen molar-refractivity contribution in [2.75, 3.05) is 6.61 Å². The first kappa shape index (κ1) is 11.5. The highest BCUT2D eigenvalue weighted by Crippen LogP contribution is 2.13. The summed E-state index contributed by atoms with van der Waals surface area (Å²) in [5.41, 5.74) is 0.982. The average Bonchev–Trinajstić information content (AvgIpc) is 2.25. The van der Waals surface area contributed by atoms with Crippen molar-refractivity contribution in [3.05, 3.63) is 29.8 Å². The van der Waals surface area contributed by atoms with Crippen LogP contribution in [-0.4, -0.2) is 12.7 Å². The standard InChI is InChI=1S/C12H15NO2/c1-10(2)8-15-12-5-3-11(4-6-12)7-13-9-14/h3-6,10H,7-8H2,1-2H3. The molecule has 0 unspecified atom stereocenters. The highest BCUT2D eigenvalue weighted by atomic mass is 16.5. The van der Waals surface area contributed by atoms with Crippen molar-refractivity contribution in [3.8, 4) is 5.75 Å². The molecular formula is C12H15NO2. The molecule has 0 radical (unpaired) electrons. The van der Waals surface area contributed by atoms with Crippen molar-refractivity contribution in [2.24, 2.45) is 10.9 Å². The van der Waals surface area contributed by atoms with Gasteiger partial charge < -0.3 is 4.74 Å². The average molecular weight is 205 g/mol. The van der Waals surface area contributed by atoms with Crippen LogP contribution in [0, 0.1) is 5.92 Å². The fraction of sp³-hybridized carbons (Fsp3) is 0.417. The molecule has 80 valence electrons. The van der Waals surface area contributed by atoms with E-state index in [1.165, 1.54) is 6.08 Å². The van der Waals surface area contributed by atoms with E-state index in [4.69, 9.17) is 4.74 Å². The van der Waals surface area contributed by atoms with Crippen LogP contribution in [-0.2, 0) is 11.3 Å². The van der Waals surface area contributed by atoms with E-state index < -0.39 is 0 Å². The van der Waals surface area contributed by atoms with Gasteiger partial charge in [0.2, 0.25) is 6.08 Å². The number of hydrogen-bond donors (Lipinski definition) is 0. The lowest BCUT2D eigenvalue weighted by atomic mass is 10.2. The summed E-state index contributed by atoms with van der Waals surface area (Å²) in [6, 6.07) is 7.57. The predicted molar refractivity (Wildman–Crippen MR) is 58.6 cm³/mol. The molecule has 0 saturated heterocycles. The van der Waals surface area contributed by atoms with Gasteiger partial charge in [0.1, 0.15) is 5.75 Å². The monoisotopic (exact) mass is 205 g/mol. The second kappa shape index (κ2) is 5.99. The zero-order valence-electron chi connectivity index (χ0n) is 9.06. The van der Waals surface area contributed by atoms with Gasteiger partial charge in [-0.1, -0.05) is 26.0 Å². The summed E-state index contributed by atoms with van der Waals surface area (Å²) in [5.74, 6) is 1.37. The maximum atomic E-state index is 9.91. The molecule has 15 heavy (non-hydrogen) atoms. The van der Waals surface area contributed by atoms with Gasteiger partial charge in [0.15, 0.2) is 0 Å². The molecule has 0 aromatic heterocycles. The third-order valence-electron chi connectivity index (χ3n) is 1.83. The molecule has 1 aromatic carbocycles. The van der Waals surface area contributed by atoms with Gasteiger partial charge in [-0.15, -0.1) is 0 Å². The first-order valence-corrected chi connectivity index (χ1v) is 4.97. The molecule has 0 heterocycles. The number of rotatable bonds is 5. The van der Waals surface area contributed by atoms with E-state index >= 15 is 0 Å². The first-order chi connectivity index (χ1) is 7.22. The SMILES string of the molecule is CC(C)COc1ccc(CN=C=O)cc1. The lowest BCUT2D eigenvalue weighted by molar-refractivity contribution is 0.271. The number of hydrogen-bond acceptors (Lipinski definition) is 3. The van der Waals surface area contributed by atoms with Gasteiger partial charge in [-0.3, -0.25) is 0 Å². The van der Waals surface area contributed by atoms with Gasteiger partial charge in [-0.2, -0.15) is 0 Å². The Morgan fingerprint density at radius 2 is 2.00 bits per heavy atom. The number of ether oxygens (including phenoxy) is 1. The van der Waals surface area contributed by atoms with Crippen LogP contribution in [0.4, 0.5) is 0 Å². The van der Waals surface area contributed by atoms with E-state index in [2.05, 4.69) is 18.8 Å². The highest BCUT2D eigenvalue weighted by molar-refractivity contribution is 5.34. The number of benzene rings is 1. The van der Waals surface area contributed by atoms with Crippen molar-refractivity contribution < 1.29 is 9.53 Å². The van der Waals surface area contributed by atoms with Crippen LogP contribution >= 0.6 is 0 Å². The molecular weight excluding hydrogens is 190 g/mol. The fourth-order valence-corrected chi connectivity index (χ4v) is 1.08. The summed E-state index contributed by atoms with van der Waals surface area (Å²) >= 11 is 0. The first-order valence-electron chi connectivity index (χ1n) is 4.97. The number of carbonyl (C=O) groups excluding carboxylic acids is 1. The van der Waals surface area contributed by atoms with Crippen LogP contribution < -0.4 is 4.74 Å². The molecule has 0 aliphatic heterocycles. The van der Waals surface area contributed by atoms with E-state index in [0.29, 0.717) is 19.1 Å². The second-order valence-corrected chi connectivity index (χ2v) is 3.76. The maximum Gasteiger partial charge on any atom is 0.235 e. The smallest absolute Gasteiger partial charge is 0.235 e. The Hall–Kier alpha value is -1.60. The third-order valence-corrected chi connectivity index (χ3v) is 1.83. The summed E-state index contributed by atoms with van der Waals surface area (Å²) < 4.78 is 5.52. The molecule has 1 rings (SSSR count). The Labute approximate surface area is 89.8 Å². The molecule has 0 bridgehead atoms. The number of nitrogens with zero attached hydrogens (tertiary/aromatic N) is 1. The predicted octanol–water partition coefficient (Wildman–Crippen LogP) is 2.56. The second-order valence-electron chi connectivity index (χ2n) is 3.76. The van der Waals surface area contributed by atoms with Crippen molar-refractivity contribution >= 4 is 6.08 Å². The van der Waals surface area contributed by atoms with Crippen LogP contribution in [0.3, 0.4) is 0 Å². The van der Waals surface area contributed by atoms with Crippen LogP contribution in [0.2, 0.25) is 0 Å². The largest absolute Gasteiger partial charge is 0.493 e. The molecule has 0 amide bonds. The summed E-state index contributed by atoms with van der Waals surface area (Å²) in [7, 11) is 0. The van der Waals surface area contributed by atoms with Gasteiger partial charge in [0.05, 0.1) is 13.2 Å². The van der Waals surface area contributed by atoms with Gasteiger partial charge in [0.25, 0.3) is 0 Å². The summed E-state index contributed by atoms with van der Waals surface area (Å²) in [6.45, 7) is 5.31. The topological polar surface area (TPSA) is 38.7 Å². The van der Waals surface area contributed by atoms with Crippen molar-refractivity contribution in [2.45, 2.75) is 20.4 Å². The molecule has 0 atom stereocenters. The van der Waals surface area contributed by atoms with Crippen LogP contribution in [0.25, 0.3) is 0 Å². The molecule has 0 spiro atoms. The zero-order valence-corrected chi connectivity index (χ0v) is 9.06. The summed E-state index contributed by atoms with van der Waals surface area (Å²) in [6.07, 6.45) is 1.51. The zero-order chi connectivity index (χ0) is 11.1. The molecule has 3 heteroatoms. The van der Waals surface area contributed by atoms with Gasteiger partial charge in [-0.05, 0) is 23.6 Å². The normalized spacial score (nSPS) is 9.80. The lowest BCUT2D eigenvalue weighted by Crippen LogP contribution is -2.04. The minimum absolute atomic E-state index is 0.383. The maximum absolute atomic E-state index is 9.91. The molecule has 3 nitrogen and oxygen atoms in total. The van der Waals surface area contributed by atoms with Crippen LogP contribution in [0.5, 0.6) is 5.75 Å². The van der Waals surface area contributed by atoms with Crippen LogP contribution in [0.1, 0.15) is 19.4 Å². The Morgan fingerprint density at radius 3 is 2.53 bits per heavy atom. The molecule has 0 fully saturated rings. The van der Waals surface area contributed by atoms with Crippen molar-refractivity contribution in [3.63, 3.8) is 0 Å². The molecule has 0 aliphatic rings. The third kappa shape index (κ3) is 4.43. The number of isocyanates is 1. The van der Waals surface area contributed by atoms with E-state index in [-0.39, 0.29) is 0 Å². The summed E-state index contributed by atoms with van der Waals surface area (Å²) in [4.78, 5) is 13.4. The Kier molecular flexibility index (Phi) is 4.58. The Bertz CT molecular complexity index is 337. The molecule has 0 N–H and O–H groups in total. The van der Waals surface area contributed by atoms with Gasteiger partial charge in [-0.25, -0.2) is 9.79 Å². The minimum Gasteiger partial charge on any atom is -0.493 e. The van der Waals surface area contributed by atoms with E-state index in [0.717, 1.165) is 11.3 Å². The van der Waals surface area contributed by atoms with Crippen molar-refractivity contribution in [1.29, 1.82) is 0 Å². The lowest BCUT2D eigenvalue weighted by Gasteiger charge is -2.08. The Morgan fingerprint density at radius 1 is 1.33 bits per heavy atom. The van der Waals surface area contributed by atoms with E-state index in [1.807, 2.05) is 24.3 Å². The summed E-state index contributed by atoms with van der Waals surface area (Å²) in [5, 5.41) is 0. The minimum atomic E-state index is 0.383. The highest BCUT2D eigenvalue weighted by Gasteiger charge is 1.97. The van der Waals surface area contributed by atoms with E-state index in [1.54, 1.807) is 0 Å². The van der Waals surface area contributed by atoms with Gasteiger partial charge >= 0.3 is 0 Å². The Balaban J connectivity index is 2.52. The van der Waals surface area contributed by atoms with E-state index in [9.17, 15) is 4.79 Å². The molecule has 0 aliphatic carbocycles. The van der Waals surface area contributed by atoms with Crippen molar-refractivity contribution in [1.82, 2.24) is 0 Å². The fourth-order valence-electron chi connectivity index (χ4n) is 1.08. The quantitative estimate of drug-likeness (QED) is 0.547. The van der Waals surface area contributed by atoms with Crippen LogP contribution in [0.15, 0.2) is 29.3 Å². The molecule has 0 saturated carbocycles.